The Morgan fingerprint density at radius 1 is 1.38 bits per heavy atom. The van der Waals surface area contributed by atoms with E-state index >= 15 is 0 Å². The minimum Gasteiger partial charge on any atom is -0.491 e. The molecule has 0 aromatic heterocycles. The van der Waals surface area contributed by atoms with E-state index < -0.39 is 6.04 Å². The van der Waals surface area contributed by atoms with E-state index in [0.29, 0.717) is 0 Å². The fourth-order valence-electron chi connectivity index (χ4n) is 2.10. The van der Waals surface area contributed by atoms with E-state index in [4.69, 9.17) is 15.7 Å². The van der Waals surface area contributed by atoms with E-state index in [1.165, 1.54) is 24.0 Å². The summed E-state index contributed by atoms with van der Waals surface area (Å²) in [4.78, 5) is 0. The van der Waals surface area contributed by atoms with Gasteiger partial charge in [0.15, 0.2) is 0 Å². The van der Waals surface area contributed by atoms with Gasteiger partial charge in [0.1, 0.15) is 18.4 Å². The summed E-state index contributed by atoms with van der Waals surface area (Å²) in [7, 11) is 0. The van der Waals surface area contributed by atoms with Crippen molar-refractivity contribution in [3.8, 4) is 11.8 Å². The van der Waals surface area contributed by atoms with Gasteiger partial charge in [-0.25, -0.2) is 0 Å². The molecule has 3 nitrogen and oxygen atoms in total. The molecule has 3 heteroatoms. The first-order valence-corrected chi connectivity index (χ1v) is 5.70. The van der Waals surface area contributed by atoms with Crippen molar-refractivity contribution in [2.75, 3.05) is 6.61 Å². The summed E-state index contributed by atoms with van der Waals surface area (Å²) in [6.07, 6.45) is 4.69. The van der Waals surface area contributed by atoms with Crippen LogP contribution in [-0.2, 0) is 12.8 Å². The quantitative estimate of drug-likeness (QED) is 0.838. The van der Waals surface area contributed by atoms with E-state index in [0.717, 1.165) is 18.6 Å². The van der Waals surface area contributed by atoms with Gasteiger partial charge < -0.3 is 10.5 Å². The summed E-state index contributed by atoms with van der Waals surface area (Å²) in [5.41, 5.74) is 8.20. The van der Waals surface area contributed by atoms with Crippen LogP contribution in [0.2, 0.25) is 0 Å². The van der Waals surface area contributed by atoms with Crippen molar-refractivity contribution in [1.29, 1.82) is 5.26 Å². The first-order valence-electron chi connectivity index (χ1n) is 5.70. The molecule has 0 bridgehead atoms. The number of aryl methyl sites for hydroxylation is 1. The van der Waals surface area contributed by atoms with Gasteiger partial charge in [0, 0.05) is 0 Å². The summed E-state index contributed by atoms with van der Waals surface area (Å²) < 4.78 is 5.61. The molecule has 0 spiro atoms. The Hall–Kier alpha value is -1.53. The number of nitrogens with two attached hydrogens (primary N) is 1. The van der Waals surface area contributed by atoms with E-state index in [1.54, 1.807) is 0 Å². The van der Waals surface area contributed by atoms with Crippen molar-refractivity contribution in [1.82, 2.24) is 0 Å². The lowest BCUT2D eigenvalue weighted by Gasteiger charge is -2.19. The molecule has 0 amide bonds. The van der Waals surface area contributed by atoms with E-state index in [1.807, 2.05) is 18.2 Å². The molecule has 1 unspecified atom stereocenters. The lowest BCUT2D eigenvalue weighted by Crippen LogP contribution is -2.26. The fraction of sp³-hybridized carbons (Fsp3) is 0.462. The van der Waals surface area contributed by atoms with E-state index in [-0.39, 0.29) is 6.61 Å². The lowest BCUT2D eigenvalue weighted by molar-refractivity contribution is 0.304. The highest BCUT2D eigenvalue weighted by Gasteiger charge is 2.14. The molecule has 1 aromatic carbocycles. The molecule has 16 heavy (non-hydrogen) atoms. The molecule has 1 atom stereocenters. The Bertz CT molecular complexity index is 409. The second kappa shape index (κ2) is 5.00. The highest BCUT2D eigenvalue weighted by atomic mass is 16.5. The van der Waals surface area contributed by atoms with Gasteiger partial charge >= 0.3 is 0 Å². The summed E-state index contributed by atoms with van der Waals surface area (Å²) >= 11 is 0. The van der Waals surface area contributed by atoms with Crippen LogP contribution in [0, 0.1) is 11.3 Å². The van der Waals surface area contributed by atoms with Crippen molar-refractivity contribution >= 4 is 0 Å². The van der Waals surface area contributed by atoms with Gasteiger partial charge in [-0.3, -0.25) is 0 Å². The Balaban J connectivity index is 2.12. The van der Waals surface area contributed by atoms with Gasteiger partial charge in [-0.2, -0.15) is 5.26 Å². The molecule has 1 aliphatic rings. The molecule has 84 valence electrons. The van der Waals surface area contributed by atoms with Gasteiger partial charge in [-0.15, -0.1) is 0 Å². The van der Waals surface area contributed by atoms with Crippen LogP contribution in [0.3, 0.4) is 0 Å². The zero-order valence-corrected chi connectivity index (χ0v) is 9.28. The largest absolute Gasteiger partial charge is 0.491 e. The topological polar surface area (TPSA) is 59.0 Å². The maximum Gasteiger partial charge on any atom is 0.127 e. The molecule has 1 aliphatic carbocycles. The predicted octanol–water partition coefficient (Wildman–Crippen LogP) is 1.80. The molecule has 2 N–H and O–H groups in total. The van der Waals surface area contributed by atoms with Gasteiger partial charge in [0.2, 0.25) is 0 Å². The molecule has 0 fully saturated rings. The van der Waals surface area contributed by atoms with Crippen molar-refractivity contribution < 1.29 is 4.74 Å². The van der Waals surface area contributed by atoms with Gasteiger partial charge in [-0.1, -0.05) is 12.1 Å². The van der Waals surface area contributed by atoms with E-state index in [9.17, 15) is 0 Å². The van der Waals surface area contributed by atoms with Gasteiger partial charge in [0.25, 0.3) is 0 Å². The molecular formula is C13H16N2O. The Kier molecular flexibility index (Phi) is 3.43. The molecular weight excluding hydrogens is 200 g/mol. The van der Waals surface area contributed by atoms with E-state index in [2.05, 4.69) is 6.07 Å². The number of nitrogens with zero attached hydrogens (tertiary/aromatic N) is 1. The zero-order chi connectivity index (χ0) is 11.4. The number of ether oxygens (including phenoxy) is 1. The molecule has 2 rings (SSSR count). The molecule has 0 radical (unpaired) electrons. The number of fused-ring (bicyclic) bond motifs is 1. The maximum atomic E-state index is 8.60. The number of hydrogen-bond acceptors (Lipinski definition) is 3. The fourth-order valence-corrected chi connectivity index (χ4v) is 2.10. The van der Waals surface area contributed by atoms with Gasteiger partial charge in [-0.05, 0) is 42.9 Å². The van der Waals surface area contributed by atoms with Gasteiger partial charge in [0.05, 0.1) is 6.07 Å². The first kappa shape index (κ1) is 11.0. The SMILES string of the molecule is N#CC(N)COc1cccc2c1CCCC2. The van der Waals surface area contributed by atoms with Crippen molar-refractivity contribution in [2.24, 2.45) is 5.73 Å². The Morgan fingerprint density at radius 3 is 3.00 bits per heavy atom. The van der Waals surface area contributed by atoms with Crippen LogP contribution >= 0.6 is 0 Å². The zero-order valence-electron chi connectivity index (χ0n) is 9.28. The predicted molar refractivity (Wildman–Crippen MR) is 62.2 cm³/mol. The number of nitriles is 1. The van der Waals surface area contributed by atoms with Crippen molar-refractivity contribution in [3.05, 3.63) is 29.3 Å². The number of rotatable bonds is 3. The van der Waals surface area contributed by atoms with Crippen LogP contribution in [0.4, 0.5) is 0 Å². The highest BCUT2D eigenvalue weighted by Crippen LogP contribution is 2.29. The normalized spacial score (nSPS) is 16.0. The lowest BCUT2D eigenvalue weighted by atomic mass is 9.91. The summed E-state index contributed by atoms with van der Waals surface area (Å²) in [5, 5.41) is 8.60. The third kappa shape index (κ3) is 2.34. The minimum absolute atomic E-state index is 0.271. The van der Waals surface area contributed by atoms with Crippen molar-refractivity contribution in [3.63, 3.8) is 0 Å². The molecule has 0 saturated carbocycles. The third-order valence-corrected chi connectivity index (χ3v) is 2.94. The third-order valence-electron chi connectivity index (χ3n) is 2.94. The standard InChI is InChI=1S/C13H16N2O/c14-8-11(15)9-16-13-7-3-5-10-4-1-2-6-12(10)13/h3,5,7,11H,1-2,4,6,9,15H2. The summed E-state index contributed by atoms with van der Waals surface area (Å²) in [5.74, 6) is 0.905. The summed E-state index contributed by atoms with van der Waals surface area (Å²) in [6, 6.07) is 7.56. The Morgan fingerprint density at radius 2 is 2.19 bits per heavy atom. The van der Waals surface area contributed by atoms with Crippen LogP contribution in [0.25, 0.3) is 0 Å². The maximum absolute atomic E-state index is 8.60. The smallest absolute Gasteiger partial charge is 0.127 e. The molecule has 0 heterocycles. The second-order valence-electron chi connectivity index (χ2n) is 4.15. The number of benzene rings is 1. The molecule has 0 aliphatic heterocycles. The average Bonchev–Trinajstić information content (AvgIpc) is 2.35. The van der Waals surface area contributed by atoms with Crippen LogP contribution in [0.5, 0.6) is 5.75 Å². The van der Waals surface area contributed by atoms with Crippen molar-refractivity contribution in [2.45, 2.75) is 31.7 Å². The molecule has 1 aromatic rings. The summed E-state index contributed by atoms with van der Waals surface area (Å²) in [6.45, 7) is 0.271. The van der Waals surface area contributed by atoms with Crippen LogP contribution in [-0.4, -0.2) is 12.6 Å². The monoisotopic (exact) mass is 216 g/mol. The minimum atomic E-state index is -0.542. The average molecular weight is 216 g/mol. The molecule has 0 saturated heterocycles. The first-order chi connectivity index (χ1) is 7.81. The Labute approximate surface area is 95.8 Å². The second-order valence-corrected chi connectivity index (χ2v) is 4.15. The van der Waals surface area contributed by atoms with Crippen LogP contribution < -0.4 is 10.5 Å². The van der Waals surface area contributed by atoms with Crippen LogP contribution in [0.15, 0.2) is 18.2 Å². The highest BCUT2D eigenvalue weighted by molar-refractivity contribution is 5.41. The van der Waals surface area contributed by atoms with Crippen LogP contribution in [0.1, 0.15) is 24.0 Å². The number of hydrogen-bond donors (Lipinski definition) is 1.